The number of ether oxygens (including phenoxy) is 1. The first-order valence-corrected chi connectivity index (χ1v) is 6.51. The molecule has 0 saturated carbocycles. The standard InChI is InChI=1S/C15H16FN3O2/c1-4-21-15(20)12-9(3)18-14(19-13(12)17)10-5-6-11(16)8(2)7-10/h5-7H,4H2,1-3H3,(H2,17,18,19). The first-order valence-electron chi connectivity index (χ1n) is 6.51. The molecule has 0 amide bonds. The van der Waals surface area contributed by atoms with E-state index < -0.39 is 5.97 Å². The fourth-order valence-corrected chi connectivity index (χ4v) is 1.96. The van der Waals surface area contributed by atoms with Crippen LogP contribution in [0, 0.1) is 19.7 Å². The van der Waals surface area contributed by atoms with Crippen molar-refractivity contribution in [3.05, 3.63) is 40.8 Å². The maximum absolute atomic E-state index is 13.3. The van der Waals surface area contributed by atoms with E-state index in [-0.39, 0.29) is 23.8 Å². The van der Waals surface area contributed by atoms with Crippen LogP contribution in [0.25, 0.3) is 11.4 Å². The van der Waals surface area contributed by atoms with Gasteiger partial charge in [0.1, 0.15) is 17.2 Å². The summed E-state index contributed by atoms with van der Waals surface area (Å²) in [5.41, 5.74) is 7.55. The van der Waals surface area contributed by atoms with Crippen molar-refractivity contribution >= 4 is 11.8 Å². The second-order valence-corrected chi connectivity index (χ2v) is 4.58. The molecule has 0 bridgehead atoms. The van der Waals surface area contributed by atoms with Crippen molar-refractivity contribution in [3.63, 3.8) is 0 Å². The van der Waals surface area contributed by atoms with Crippen LogP contribution in [0.2, 0.25) is 0 Å². The Morgan fingerprint density at radius 1 is 1.33 bits per heavy atom. The summed E-state index contributed by atoms with van der Waals surface area (Å²) in [6.07, 6.45) is 0. The minimum atomic E-state index is -0.547. The summed E-state index contributed by atoms with van der Waals surface area (Å²) in [6.45, 7) is 5.27. The van der Waals surface area contributed by atoms with Crippen LogP contribution in [0.3, 0.4) is 0 Å². The van der Waals surface area contributed by atoms with Crippen molar-refractivity contribution in [1.82, 2.24) is 9.97 Å². The number of nitrogens with two attached hydrogens (primary N) is 1. The SMILES string of the molecule is CCOC(=O)c1c(C)nc(-c2ccc(F)c(C)c2)nc1N. The van der Waals surface area contributed by atoms with Crippen molar-refractivity contribution in [2.75, 3.05) is 12.3 Å². The largest absolute Gasteiger partial charge is 0.462 e. The van der Waals surface area contributed by atoms with Crippen molar-refractivity contribution in [1.29, 1.82) is 0 Å². The molecule has 0 radical (unpaired) electrons. The highest BCUT2D eigenvalue weighted by Crippen LogP contribution is 2.22. The van der Waals surface area contributed by atoms with Gasteiger partial charge in [-0.2, -0.15) is 0 Å². The number of nitrogen functional groups attached to an aromatic ring is 1. The van der Waals surface area contributed by atoms with Gasteiger partial charge in [-0.1, -0.05) is 0 Å². The van der Waals surface area contributed by atoms with E-state index in [0.29, 0.717) is 22.6 Å². The predicted molar refractivity (Wildman–Crippen MR) is 77.3 cm³/mol. The number of benzene rings is 1. The van der Waals surface area contributed by atoms with E-state index in [0.717, 1.165) is 0 Å². The summed E-state index contributed by atoms with van der Waals surface area (Å²) in [5, 5.41) is 0. The molecular formula is C15H16FN3O2. The first kappa shape index (κ1) is 14.9. The first-order chi connectivity index (χ1) is 9.93. The summed E-state index contributed by atoms with van der Waals surface area (Å²) in [6, 6.07) is 4.55. The second kappa shape index (κ2) is 5.87. The van der Waals surface area contributed by atoms with Crippen molar-refractivity contribution in [3.8, 4) is 11.4 Å². The predicted octanol–water partition coefficient (Wildman–Crippen LogP) is 2.66. The highest BCUT2D eigenvalue weighted by atomic mass is 19.1. The third-order valence-electron chi connectivity index (χ3n) is 3.01. The third-order valence-corrected chi connectivity index (χ3v) is 3.01. The van der Waals surface area contributed by atoms with Gasteiger partial charge in [-0.25, -0.2) is 19.2 Å². The Kier molecular flexibility index (Phi) is 4.16. The molecule has 0 saturated heterocycles. The van der Waals surface area contributed by atoms with Gasteiger partial charge in [-0.05, 0) is 44.5 Å². The Bertz CT molecular complexity index is 678. The number of esters is 1. The number of rotatable bonds is 3. The van der Waals surface area contributed by atoms with E-state index >= 15 is 0 Å². The number of carbonyl (C=O) groups excluding carboxylic acids is 1. The lowest BCUT2D eigenvalue weighted by molar-refractivity contribution is 0.0526. The van der Waals surface area contributed by atoms with Gasteiger partial charge >= 0.3 is 5.97 Å². The minimum Gasteiger partial charge on any atom is -0.462 e. The van der Waals surface area contributed by atoms with Gasteiger partial charge in [-0.15, -0.1) is 0 Å². The lowest BCUT2D eigenvalue weighted by atomic mass is 10.1. The van der Waals surface area contributed by atoms with Crippen molar-refractivity contribution < 1.29 is 13.9 Å². The van der Waals surface area contributed by atoms with Crippen LogP contribution in [-0.4, -0.2) is 22.5 Å². The maximum atomic E-state index is 13.3. The quantitative estimate of drug-likeness (QED) is 0.879. The van der Waals surface area contributed by atoms with Gasteiger partial charge in [0.15, 0.2) is 5.82 Å². The van der Waals surface area contributed by atoms with Crippen LogP contribution in [0.4, 0.5) is 10.2 Å². The van der Waals surface area contributed by atoms with E-state index in [9.17, 15) is 9.18 Å². The molecule has 1 aromatic heterocycles. The molecule has 2 N–H and O–H groups in total. The number of hydrogen-bond donors (Lipinski definition) is 1. The Hall–Kier alpha value is -2.50. The molecule has 21 heavy (non-hydrogen) atoms. The Morgan fingerprint density at radius 3 is 2.62 bits per heavy atom. The zero-order valence-corrected chi connectivity index (χ0v) is 12.1. The Morgan fingerprint density at radius 2 is 2.05 bits per heavy atom. The minimum absolute atomic E-state index is 0.0536. The van der Waals surface area contributed by atoms with Gasteiger partial charge in [0, 0.05) is 5.56 Å². The Balaban J connectivity index is 2.48. The molecule has 2 aromatic rings. The molecule has 0 aliphatic carbocycles. The monoisotopic (exact) mass is 289 g/mol. The molecule has 110 valence electrons. The summed E-state index contributed by atoms with van der Waals surface area (Å²) >= 11 is 0. The number of carbonyl (C=O) groups is 1. The van der Waals surface area contributed by atoms with Gasteiger partial charge in [0.2, 0.25) is 0 Å². The van der Waals surface area contributed by atoms with E-state index in [4.69, 9.17) is 10.5 Å². The molecule has 0 spiro atoms. The normalized spacial score (nSPS) is 10.5. The lowest BCUT2D eigenvalue weighted by Crippen LogP contribution is -2.13. The fraction of sp³-hybridized carbons (Fsp3) is 0.267. The van der Waals surface area contributed by atoms with E-state index in [2.05, 4.69) is 9.97 Å². The summed E-state index contributed by atoms with van der Waals surface area (Å²) in [5.74, 6) is -0.444. The molecule has 6 heteroatoms. The van der Waals surface area contributed by atoms with Crippen LogP contribution >= 0.6 is 0 Å². The maximum Gasteiger partial charge on any atom is 0.343 e. The zero-order chi connectivity index (χ0) is 15.6. The topological polar surface area (TPSA) is 78.1 Å². The van der Waals surface area contributed by atoms with Crippen LogP contribution in [-0.2, 0) is 4.74 Å². The summed E-state index contributed by atoms with van der Waals surface area (Å²) in [7, 11) is 0. The molecule has 2 rings (SSSR count). The molecule has 1 heterocycles. The number of halogens is 1. The molecule has 5 nitrogen and oxygen atoms in total. The summed E-state index contributed by atoms with van der Waals surface area (Å²) in [4.78, 5) is 20.2. The van der Waals surface area contributed by atoms with E-state index in [1.807, 2.05) is 0 Å². The second-order valence-electron chi connectivity index (χ2n) is 4.58. The average molecular weight is 289 g/mol. The van der Waals surface area contributed by atoms with Gasteiger partial charge in [0.05, 0.1) is 12.3 Å². The molecular weight excluding hydrogens is 273 g/mol. The van der Waals surface area contributed by atoms with Crippen LogP contribution < -0.4 is 5.73 Å². The molecule has 0 aliphatic rings. The average Bonchev–Trinajstić information content (AvgIpc) is 2.41. The molecule has 0 atom stereocenters. The fourth-order valence-electron chi connectivity index (χ4n) is 1.96. The number of nitrogens with zero attached hydrogens (tertiary/aromatic N) is 2. The van der Waals surface area contributed by atoms with Crippen LogP contribution in [0.15, 0.2) is 18.2 Å². The zero-order valence-electron chi connectivity index (χ0n) is 12.1. The lowest BCUT2D eigenvalue weighted by Gasteiger charge is -2.10. The van der Waals surface area contributed by atoms with Gasteiger partial charge in [0.25, 0.3) is 0 Å². The number of hydrogen-bond acceptors (Lipinski definition) is 5. The van der Waals surface area contributed by atoms with E-state index in [1.54, 1.807) is 32.9 Å². The highest BCUT2D eigenvalue weighted by molar-refractivity contribution is 5.95. The number of anilines is 1. The van der Waals surface area contributed by atoms with Gasteiger partial charge < -0.3 is 10.5 Å². The van der Waals surface area contributed by atoms with Crippen molar-refractivity contribution in [2.24, 2.45) is 0 Å². The highest BCUT2D eigenvalue weighted by Gasteiger charge is 2.18. The van der Waals surface area contributed by atoms with Gasteiger partial charge in [-0.3, -0.25) is 0 Å². The molecule has 1 aromatic carbocycles. The summed E-state index contributed by atoms with van der Waals surface area (Å²) < 4.78 is 18.2. The molecule has 0 unspecified atom stereocenters. The van der Waals surface area contributed by atoms with Crippen molar-refractivity contribution in [2.45, 2.75) is 20.8 Å². The van der Waals surface area contributed by atoms with E-state index in [1.165, 1.54) is 6.07 Å². The third kappa shape index (κ3) is 2.99. The smallest absolute Gasteiger partial charge is 0.343 e. The van der Waals surface area contributed by atoms with Crippen LogP contribution in [0.1, 0.15) is 28.5 Å². The van der Waals surface area contributed by atoms with Crippen LogP contribution in [0.5, 0.6) is 0 Å². The number of aryl methyl sites for hydroxylation is 2. The molecule has 0 aliphatic heterocycles. The number of aromatic nitrogens is 2. The molecule has 0 fully saturated rings. The Labute approximate surface area is 122 Å².